The van der Waals surface area contributed by atoms with Crippen LogP contribution in [0.1, 0.15) is 5.56 Å². The first-order chi connectivity index (χ1) is 8.75. The predicted molar refractivity (Wildman–Crippen MR) is 75.1 cm³/mol. The maximum atomic E-state index is 13.5. The molecule has 5 heteroatoms. The molecule has 2 N–H and O–H groups in total. The van der Waals surface area contributed by atoms with Gasteiger partial charge in [0, 0.05) is 55.8 Å². The standard InChI is InChI=1S/C13H19BrFN3/c14-12-1-2-13(15)11(9-12)10-17-5-8-18-6-3-16-4-7-18/h1-2,9,16-17H,3-8,10H2. The second-order valence-corrected chi connectivity index (χ2v) is 5.42. The lowest BCUT2D eigenvalue weighted by Gasteiger charge is -2.27. The molecule has 1 aromatic carbocycles. The van der Waals surface area contributed by atoms with Crippen LogP contribution in [0, 0.1) is 5.82 Å². The Morgan fingerprint density at radius 3 is 2.89 bits per heavy atom. The average molecular weight is 316 g/mol. The van der Waals surface area contributed by atoms with Crippen molar-refractivity contribution in [2.24, 2.45) is 0 Å². The molecule has 0 bridgehead atoms. The summed E-state index contributed by atoms with van der Waals surface area (Å²) in [5.74, 6) is -0.145. The van der Waals surface area contributed by atoms with Gasteiger partial charge in [0.15, 0.2) is 0 Å². The maximum Gasteiger partial charge on any atom is 0.127 e. The second kappa shape index (κ2) is 7.19. The summed E-state index contributed by atoms with van der Waals surface area (Å²) in [5.41, 5.74) is 0.713. The molecule has 100 valence electrons. The highest BCUT2D eigenvalue weighted by atomic mass is 79.9. The molecule has 0 amide bonds. The first kappa shape index (κ1) is 13.9. The highest BCUT2D eigenvalue weighted by Gasteiger charge is 2.08. The van der Waals surface area contributed by atoms with Crippen molar-refractivity contribution >= 4 is 15.9 Å². The van der Waals surface area contributed by atoms with Crippen molar-refractivity contribution in [3.05, 3.63) is 34.1 Å². The van der Waals surface area contributed by atoms with E-state index in [9.17, 15) is 4.39 Å². The highest BCUT2D eigenvalue weighted by molar-refractivity contribution is 9.10. The van der Waals surface area contributed by atoms with Gasteiger partial charge in [0.2, 0.25) is 0 Å². The molecule has 3 nitrogen and oxygen atoms in total. The van der Waals surface area contributed by atoms with Gasteiger partial charge in [-0.3, -0.25) is 4.90 Å². The molecule has 1 heterocycles. The number of nitrogens with zero attached hydrogens (tertiary/aromatic N) is 1. The molecule has 0 spiro atoms. The number of rotatable bonds is 5. The molecule has 0 aliphatic carbocycles. The van der Waals surface area contributed by atoms with Crippen molar-refractivity contribution in [1.29, 1.82) is 0 Å². The molecule has 0 unspecified atom stereocenters. The quantitative estimate of drug-likeness (QED) is 0.808. The Kier molecular flexibility index (Phi) is 5.56. The van der Waals surface area contributed by atoms with E-state index in [-0.39, 0.29) is 5.82 Å². The molecule has 2 rings (SSSR count). The molecular weight excluding hydrogens is 297 g/mol. The smallest absolute Gasteiger partial charge is 0.127 e. The number of piperazine rings is 1. The lowest BCUT2D eigenvalue weighted by Crippen LogP contribution is -2.45. The van der Waals surface area contributed by atoms with Gasteiger partial charge < -0.3 is 10.6 Å². The monoisotopic (exact) mass is 315 g/mol. The molecule has 0 aromatic heterocycles. The summed E-state index contributed by atoms with van der Waals surface area (Å²) < 4.78 is 14.4. The Morgan fingerprint density at radius 2 is 2.11 bits per heavy atom. The minimum absolute atomic E-state index is 0.145. The molecule has 18 heavy (non-hydrogen) atoms. The van der Waals surface area contributed by atoms with Gasteiger partial charge in [-0.1, -0.05) is 15.9 Å². The molecule has 1 aliphatic rings. The van der Waals surface area contributed by atoms with Crippen LogP contribution in [0.3, 0.4) is 0 Å². The molecule has 0 radical (unpaired) electrons. The van der Waals surface area contributed by atoms with E-state index in [0.29, 0.717) is 12.1 Å². The molecule has 1 saturated heterocycles. The van der Waals surface area contributed by atoms with Crippen LogP contribution in [0.4, 0.5) is 4.39 Å². The fourth-order valence-corrected chi connectivity index (χ4v) is 2.48. The largest absolute Gasteiger partial charge is 0.314 e. The van der Waals surface area contributed by atoms with E-state index in [2.05, 4.69) is 31.5 Å². The third-order valence-corrected chi connectivity index (χ3v) is 3.63. The van der Waals surface area contributed by atoms with E-state index >= 15 is 0 Å². The summed E-state index contributed by atoms with van der Waals surface area (Å²) in [6.45, 7) is 6.85. The van der Waals surface area contributed by atoms with Gasteiger partial charge in [-0.2, -0.15) is 0 Å². The van der Waals surface area contributed by atoms with Crippen LogP contribution in [0.25, 0.3) is 0 Å². The van der Waals surface area contributed by atoms with Crippen molar-refractivity contribution in [3.8, 4) is 0 Å². The van der Waals surface area contributed by atoms with E-state index in [1.165, 1.54) is 6.07 Å². The summed E-state index contributed by atoms with van der Waals surface area (Å²) in [7, 11) is 0. The van der Waals surface area contributed by atoms with Crippen LogP contribution in [-0.4, -0.2) is 44.2 Å². The zero-order valence-corrected chi connectivity index (χ0v) is 12.0. The first-order valence-electron chi connectivity index (χ1n) is 6.33. The Balaban J connectivity index is 1.69. The summed E-state index contributed by atoms with van der Waals surface area (Å²) in [4.78, 5) is 2.42. The van der Waals surface area contributed by atoms with Crippen molar-refractivity contribution in [3.63, 3.8) is 0 Å². The van der Waals surface area contributed by atoms with Crippen LogP contribution >= 0.6 is 15.9 Å². The van der Waals surface area contributed by atoms with Gasteiger partial charge in [-0.25, -0.2) is 4.39 Å². The summed E-state index contributed by atoms with van der Waals surface area (Å²) in [6.07, 6.45) is 0. The number of halogens is 2. The normalized spacial score (nSPS) is 17.0. The van der Waals surface area contributed by atoms with Crippen molar-refractivity contribution in [1.82, 2.24) is 15.5 Å². The van der Waals surface area contributed by atoms with Crippen LogP contribution in [0.5, 0.6) is 0 Å². The van der Waals surface area contributed by atoms with E-state index < -0.39 is 0 Å². The minimum Gasteiger partial charge on any atom is -0.314 e. The van der Waals surface area contributed by atoms with Crippen LogP contribution in [0.15, 0.2) is 22.7 Å². The topological polar surface area (TPSA) is 27.3 Å². The molecular formula is C13H19BrFN3. The number of hydrogen-bond acceptors (Lipinski definition) is 3. The van der Waals surface area contributed by atoms with Gasteiger partial charge in [0.25, 0.3) is 0 Å². The SMILES string of the molecule is Fc1ccc(Br)cc1CNCCN1CCNCC1. The number of nitrogens with one attached hydrogen (secondary N) is 2. The Hall–Kier alpha value is -0.490. The zero-order valence-electron chi connectivity index (χ0n) is 10.4. The second-order valence-electron chi connectivity index (χ2n) is 4.50. The average Bonchev–Trinajstić information content (AvgIpc) is 2.40. The zero-order chi connectivity index (χ0) is 12.8. The van der Waals surface area contributed by atoms with Crippen molar-refractivity contribution < 1.29 is 4.39 Å². The van der Waals surface area contributed by atoms with Gasteiger partial charge in [-0.15, -0.1) is 0 Å². The molecule has 1 aliphatic heterocycles. The Labute approximate surface area is 116 Å². The van der Waals surface area contributed by atoms with Crippen LogP contribution in [-0.2, 0) is 6.54 Å². The highest BCUT2D eigenvalue weighted by Crippen LogP contribution is 2.15. The van der Waals surface area contributed by atoms with Gasteiger partial charge in [-0.05, 0) is 18.2 Å². The first-order valence-corrected chi connectivity index (χ1v) is 7.13. The van der Waals surface area contributed by atoms with Gasteiger partial charge in [0.1, 0.15) is 5.82 Å². The molecule has 1 fully saturated rings. The van der Waals surface area contributed by atoms with E-state index in [1.54, 1.807) is 6.07 Å². The fraction of sp³-hybridized carbons (Fsp3) is 0.538. The third-order valence-electron chi connectivity index (χ3n) is 3.14. The van der Waals surface area contributed by atoms with Crippen molar-refractivity contribution in [2.45, 2.75) is 6.54 Å². The lowest BCUT2D eigenvalue weighted by atomic mass is 10.2. The van der Waals surface area contributed by atoms with Gasteiger partial charge >= 0.3 is 0 Å². The maximum absolute atomic E-state index is 13.5. The van der Waals surface area contributed by atoms with Gasteiger partial charge in [0.05, 0.1) is 0 Å². The Morgan fingerprint density at radius 1 is 1.33 bits per heavy atom. The fourth-order valence-electron chi connectivity index (χ4n) is 2.07. The predicted octanol–water partition coefficient (Wildman–Crippen LogP) is 1.58. The third kappa shape index (κ3) is 4.31. The summed E-state index contributed by atoms with van der Waals surface area (Å²) >= 11 is 3.36. The van der Waals surface area contributed by atoms with Crippen LogP contribution < -0.4 is 10.6 Å². The molecule has 0 saturated carbocycles. The molecule has 1 aromatic rings. The van der Waals surface area contributed by atoms with Crippen LogP contribution in [0.2, 0.25) is 0 Å². The van der Waals surface area contributed by atoms with E-state index in [0.717, 1.165) is 43.7 Å². The van der Waals surface area contributed by atoms with Crippen molar-refractivity contribution in [2.75, 3.05) is 39.3 Å². The number of benzene rings is 1. The van der Waals surface area contributed by atoms with E-state index in [4.69, 9.17) is 0 Å². The lowest BCUT2D eigenvalue weighted by molar-refractivity contribution is 0.241. The Bertz CT molecular complexity index is 380. The summed E-state index contributed by atoms with van der Waals surface area (Å²) in [6, 6.07) is 5.05. The summed E-state index contributed by atoms with van der Waals surface area (Å²) in [5, 5.41) is 6.62. The minimum atomic E-state index is -0.145. The number of hydrogen-bond donors (Lipinski definition) is 2. The van der Waals surface area contributed by atoms with E-state index in [1.807, 2.05) is 6.07 Å². The molecule has 0 atom stereocenters.